The second-order valence-electron chi connectivity index (χ2n) is 6.89. The first-order chi connectivity index (χ1) is 13.7. The van der Waals surface area contributed by atoms with Gasteiger partial charge in [0.1, 0.15) is 11.9 Å². The van der Waals surface area contributed by atoms with Crippen molar-refractivity contribution in [3.05, 3.63) is 65.6 Å². The molecule has 0 aliphatic carbocycles. The van der Waals surface area contributed by atoms with Gasteiger partial charge in [-0.1, -0.05) is 24.3 Å². The van der Waals surface area contributed by atoms with Gasteiger partial charge in [-0.25, -0.2) is 4.39 Å². The van der Waals surface area contributed by atoms with Gasteiger partial charge in [0.25, 0.3) is 0 Å². The Morgan fingerprint density at radius 1 is 1.32 bits per heavy atom. The van der Waals surface area contributed by atoms with Crippen LogP contribution in [0.15, 0.2) is 48.7 Å². The average molecular weight is 376 g/mol. The summed E-state index contributed by atoms with van der Waals surface area (Å²) >= 11 is 0. The van der Waals surface area contributed by atoms with Gasteiger partial charge in [0.2, 0.25) is 0 Å². The van der Waals surface area contributed by atoms with Gasteiger partial charge in [0.15, 0.2) is 0 Å². The highest BCUT2D eigenvalue weighted by Crippen LogP contribution is 2.36. The van der Waals surface area contributed by atoms with Crippen LogP contribution >= 0.6 is 0 Å². The minimum Gasteiger partial charge on any atom is -0.375 e. The van der Waals surface area contributed by atoms with Gasteiger partial charge in [-0.3, -0.25) is 4.68 Å². The summed E-state index contributed by atoms with van der Waals surface area (Å²) in [6, 6.07) is 14.6. The molecule has 1 aliphatic heterocycles. The van der Waals surface area contributed by atoms with E-state index in [9.17, 15) is 4.39 Å². The number of nitriles is 1. The summed E-state index contributed by atoms with van der Waals surface area (Å²) in [6.07, 6.45) is 2.60. The minimum absolute atomic E-state index is 0.0451. The zero-order valence-electron chi connectivity index (χ0n) is 15.7. The molecule has 1 aliphatic rings. The first-order valence-corrected chi connectivity index (χ1v) is 9.30. The molecule has 1 atom stereocenters. The molecule has 4 rings (SSSR count). The van der Waals surface area contributed by atoms with E-state index >= 15 is 0 Å². The second-order valence-corrected chi connectivity index (χ2v) is 6.89. The fourth-order valence-corrected chi connectivity index (χ4v) is 3.70. The molecule has 28 heavy (non-hydrogen) atoms. The van der Waals surface area contributed by atoms with Gasteiger partial charge in [-0.05, 0) is 34.9 Å². The SMILES string of the molecule is Cn1nccc1-c1c(CC2CNCCO2)cccc1-c1ccc(C#N)c(F)c1. The normalized spacial score (nSPS) is 16.7. The predicted octanol–water partition coefficient (Wildman–Crippen LogP) is 3.30. The highest BCUT2D eigenvalue weighted by atomic mass is 19.1. The summed E-state index contributed by atoms with van der Waals surface area (Å²) in [4.78, 5) is 0. The maximum Gasteiger partial charge on any atom is 0.141 e. The van der Waals surface area contributed by atoms with Gasteiger partial charge < -0.3 is 10.1 Å². The van der Waals surface area contributed by atoms with Crippen LogP contribution in [-0.2, 0) is 18.2 Å². The number of nitrogens with one attached hydrogen (secondary N) is 1. The van der Waals surface area contributed by atoms with Crippen LogP contribution in [0.5, 0.6) is 0 Å². The summed E-state index contributed by atoms with van der Waals surface area (Å²) in [5, 5.41) is 16.7. The monoisotopic (exact) mass is 376 g/mol. The number of aromatic nitrogens is 2. The fraction of sp³-hybridized carbons (Fsp3) is 0.273. The number of hydrogen-bond donors (Lipinski definition) is 1. The summed E-state index contributed by atoms with van der Waals surface area (Å²) < 4.78 is 22.0. The van der Waals surface area contributed by atoms with Crippen molar-refractivity contribution in [2.24, 2.45) is 7.05 Å². The molecule has 1 aromatic heterocycles. The molecule has 0 radical (unpaired) electrons. The molecule has 1 N–H and O–H groups in total. The molecule has 142 valence electrons. The smallest absolute Gasteiger partial charge is 0.141 e. The molecule has 1 unspecified atom stereocenters. The van der Waals surface area contributed by atoms with Crippen LogP contribution in [0, 0.1) is 17.1 Å². The van der Waals surface area contributed by atoms with E-state index in [4.69, 9.17) is 10.00 Å². The molecule has 6 heteroatoms. The van der Waals surface area contributed by atoms with Gasteiger partial charge >= 0.3 is 0 Å². The van der Waals surface area contributed by atoms with E-state index in [1.54, 1.807) is 12.3 Å². The number of hydrogen-bond acceptors (Lipinski definition) is 4. The van der Waals surface area contributed by atoms with Crippen LogP contribution in [0.4, 0.5) is 4.39 Å². The summed E-state index contributed by atoms with van der Waals surface area (Å²) in [7, 11) is 1.90. The lowest BCUT2D eigenvalue weighted by Crippen LogP contribution is -2.39. The molecule has 0 spiro atoms. The molecule has 0 amide bonds. The minimum atomic E-state index is -0.513. The van der Waals surface area contributed by atoms with E-state index in [0.29, 0.717) is 6.61 Å². The molecular weight excluding hydrogens is 355 g/mol. The zero-order chi connectivity index (χ0) is 19.5. The predicted molar refractivity (Wildman–Crippen MR) is 105 cm³/mol. The van der Waals surface area contributed by atoms with Crippen LogP contribution in [0.3, 0.4) is 0 Å². The summed E-state index contributed by atoms with van der Waals surface area (Å²) in [5.41, 5.74) is 4.79. The van der Waals surface area contributed by atoms with Crippen LogP contribution in [0.2, 0.25) is 0 Å². The highest BCUT2D eigenvalue weighted by Gasteiger charge is 2.20. The largest absolute Gasteiger partial charge is 0.375 e. The standard InChI is InChI=1S/C22H21FN4O/c1-27-21(7-8-26-27)22-16(11-18-14-25-9-10-28-18)3-2-4-19(22)15-5-6-17(13-24)20(23)12-15/h2-8,12,18,25H,9-11,14H2,1H3. The van der Waals surface area contributed by atoms with Crippen LogP contribution in [-0.4, -0.2) is 35.6 Å². The Balaban J connectivity index is 1.84. The van der Waals surface area contributed by atoms with Crippen LogP contribution in [0.25, 0.3) is 22.4 Å². The number of aryl methyl sites for hydroxylation is 1. The van der Waals surface area contributed by atoms with E-state index in [0.717, 1.165) is 47.5 Å². The van der Waals surface area contributed by atoms with Gasteiger partial charge in [0.05, 0.1) is 24.0 Å². The van der Waals surface area contributed by atoms with Crippen molar-refractivity contribution in [2.45, 2.75) is 12.5 Å². The summed E-state index contributed by atoms with van der Waals surface area (Å²) in [5.74, 6) is -0.513. The molecule has 5 nitrogen and oxygen atoms in total. The maximum atomic E-state index is 14.3. The lowest BCUT2D eigenvalue weighted by atomic mass is 9.90. The number of halogens is 1. The van der Waals surface area contributed by atoms with E-state index in [2.05, 4.69) is 16.5 Å². The number of ether oxygens (including phenoxy) is 1. The molecular formula is C22H21FN4O. The first kappa shape index (κ1) is 18.4. The molecule has 3 aromatic rings. The Hall–Kier alpha value is -3.01. The van der Waals surface area contributed by atoms with Crippen molar-refractivity contribution in [3.8, 4) is 28.5 Å². The number of rotatable bonds is 4. The second kappa shape index (κ2) is 7.93. The van der Waals surface area contributed by atoms with E-state index in [1.165, 1.54) is 12.1 Å². The molecule has 2 aromatic carbocycles. The Morgan fingerprint density at radius 3 is 2.89 bits per heavy atom. The Labute approximate surface area is 163 Å². The lowest BCUT2D eigenvalue weighted by Gasteiger charge is -2.25. The van der Waals surface area contributed by atoms with E-state index < -0.39 is 5.82 Å². The van der Waals surface area contributed by atoms with Crippen molar-refractivity contribution in [3.63, 3.8) is 0 Å². The van der Waals surface area contributed by atoms with Crippen molar-refractivity contribution in [1.29, 1.82) is 5.26 Å². The van der Waals surface area contributed by atoms with Crippen molar-refractivity contribution >= 4 is 0 Å². The quantitative estimate of drug-likeness (QED) is 0.759. The van der Waals surface area contributed by atoms with Crippen molar-refractivity contribution in [2.75, 3.05) is 19.7 Å². The molecule has 0 bridgehead atoms. The van der Waals surface area contributed by atoms with Crippen LogP contribution < -0.4 is 5.32 Å². The molecule has 0 saturated carbocycles. The Kier molecular flexibility index (Phi) is 5.20. The van der Waals surface area contributed by atoms with Crippen molar-refractivity contribution < 1.29 is 9.13 Å². The molecule has 2 heterocycles. The van der Waals surface area contributed by atoms with E-state index in [1.807, 2.05) is 36.0 Å². The van der Waals surface area contributed by atoms with E-state index in [-0.39, 0.29) is 11.7 Å². The third-order valence-corrected chi connectivity index (χ3v) is 5.08. The third kappa shape index (κ3) is 3.55. The lowest BCUT2D eigenvalue weighted by molar-refractivity contribution is 0.0293. The van der Waals surface area contributed by atoms with Crippen LogP contribution in [0.1, 0.15) is 11.1 Å². The van der Waals surface area contributed by atoms with Gasteiger partial charge in [0, 0.05) is 38.3 Å². The summed E-state index contributed by atoms with van der Waals surface area (Å²) in [6.45, 7) is 2.38. The third-order valence-electron chi connectivity index (χ3n) is 5.08. The number of nitrogens with zero attached hydrogens (tertiary/aromatic N) is 3. The zero-order valence-corrected chi connectivity index (χ0v) is 15.7. The topological polar surface area (TPSA) is 62.9 Å². The average Bonchev–Trinajstić information content (AvgIpc) is 3.14. The van der Waals surface area contributed by atoms with Crippen molar-refractivity contribution in [1.82, 2.24) is 15.1 Å². The highest BCUT2D eigenvalue weighted by molar-refractivity contribution is 5.84. The van der Waals surface area contributed by atoms with Gasteiger partial charge in [-0.15, -0.1) is 0 Å². The Morgan fingerprint density at radius 2 is 2.21 bits per heavy atom. The fourth-order valence-electron chi connectivity index (χ4n) is 3.70. The number of benzene rings is 2. The van der Waals surface area contributed by atoms with Gasteiger partial charge in [-0.2, -0.15) is 10.4 Å². The number of morpholine rings is 1. The maximum absolute atomic E-state index is 14.3. The first-order valence-electron chi connectivity index (χ1n) is 9.30. The Bertz CT molecular complexity index is 1030. The molecule has 1 saturated heterocycles. The molecule has 1 fully saturated rings.